The van der Waals surface area contributed by atoms with Crippen LogP contribution in [0.5, 0.6) is 5.75 Å². The third kappa shape index (κ3) is 3.53. The monoisotopic (exact) mass is 346 g/mol. The molecule has 0 aliphatic carbocycles. The van der Waals surface area contributed by atoms with Crippen LogP contribution in [0.25, 0.3) is 0 Å². The molecule has 6 nitrogen and oxygen atoms in total. The Balaban J connectivity index is 2.23. The lowest BCUT2D eigenvalue weighted by Gasteiger charge is -2.21. The van der Waals surface area contributed by atoms with Crippen molar-refractivity contribution in [2.75, 3.05) is 13.7 Å². The Kier molecular flexibility index (Phi) is 4.99. The molecule has 1 aromatic carbocycles. The summed E-state index contributed by atoms with van der Waals surface area (Å²) in [4.78, 5) is 13.5. The summed E-state index contributed by atoms with van der Waals surface area (Å²) in [6, 6.07) is 3.97. The van der Waals surface area contributed by atoms with Crippen molar-refractivity contribution in [3.8, 4) is 5.75 Å². The van der Waals surface area contributed by atoms with Crippen molar-refractivity contribution in [1.82, 2.24) is 9.62 Å². The van der Waals surface area contributed by atoms with Gasteiger partial charge in [-0.2, -0.15) is 0 Å². The molecule has 0 aromatic heterocycles. The van der Waals surface area contributed by atoms with Crippen LogP contribution in [0.4, 0.5) is 0 Å². The summed E-state index contributed by atoms with van der Waals surface area (Å²) < 4.78 is 32.7. The van der Waals surface area contributed by atoms with Gasteiger partial charge in [0.25, 0.3) is 0 Å². The molecule has 0 spiro atoms. The summed E-state index contributed by atoms with van der Waals surface area (Å²) in [6.07, 6.45) is 0.153. The van der Waals surface area contributed by atoms with Crippen LogP contribution in [-0.2, 0) is 14.8 Å². The number of methoxy groups -OCH3 is 1. The van der Waals surface area contributed by atoms with Gasteiger partial charge in [-0.25, -0.2) is 13.1 Å². The van der Waals surface area contributed by atoms with E-state index in [4.69, 9.17) is 16.3 Å². The van der Waals surface area contributed by atoms with E-state index in [1.807, 2.05) is 13.8 Å². The lowest BCUT2D eigenvalue weighted by molar-refractivity contribution is -0.129. The molecule has 1 heterocycles. The average molecular weight is 347 g/mol. The van der Waals surface area contributed by atoms with E-state index in [9.17, 15) is 13.2 Å². The predicted octanol–water partition coefficient (Wildman–Crippen LogP) is 1.64. The normalized spacial score (nSPS) is 19.0. The fraction of sp³-hybridized carbons (Fsp3) is 0.500. The van der Waals surface area contributed by atoms with Crippen molar-refractivity contribution in [3.63, 3.8) is 0 Å². The van der Waals surface area contributed by atoms with Crippen LogP contribution < -0.4 is 9.46 Å². The summed E-state index contributed by atoms with van der Waals surface area (Å²) in [7, 11) is -2.43. The molecule has 122 valence electrons. The van der Waals surface area contributed by atoms with Crippen LogP contribution >= 0.6 is 11.6 Å². The average Bonchev–Trinajstić information content (AvgIpc) is 2.79. The van der Waals surface area contributed by atoms with Crippen LogP contribution in [0.2, 0.25) is 5.02 Å². The van der Waals surface area contributed by atoms with Gasteiger partial charge in [0.2, 0.25) is 15.9 Å². The van der Waals surface area contributed by atoms with Crippen LogP contribution in [-0.4, -0.2) is 45.0 Å². The van der Waals surface area contributed by atoms with Gasteiger partial charge in [0.1, 0.15) is 10.6 Å². The zero-order valence-electron chi connectivity index (χ0n) is 12.7. The van der Waals surface area contributed by atoms with Gasteiger partial charge in [-0.3, -0.25) is 4.79 Å². The Morgan fingerprint density at radius 1 is 1.41 bits per heavy atom. The molecule has 1 aliphatic heterocycles. The van der Waals surface area contributed by atoms with Gasteiger partial charge in [-0.05, 0) is 32.0 Å². The second-order valence-electron chi connectivity index (χ2n) is 5.46. The highest BCUT2D eigenvalue weighted by molar-refractivity contribution is 7.89. The standard InChI is InChI=1S/C14H19ClN2O4S/c1-9(2)17-8-11(7-14(17)18)16-22(19,20)13-6-10(15)4-5-12(13)21-3/h4-6,9,11,16H,7-8H2,1-3H3. The number of carbonyl (C=O) groups is 1. The van der Waals surface area contributed by atoms with Gasteiger partial charge in [0.05, 0.1) is 7.11 Å². The topological polar surface area (TPSA) is 75.7 Å². The fourth-order valence-corrected chi connectivity index (χ4v) is 4.11. The molecular formula is C14H19ClN2O4S. The maximum Gasteiger partial charge on any atom is 0.244 e. The van der Waals surface area contributed by atoms with Crippen molar-refractivity contribution in [2.24, 2.45) is 0 Å². The van der Waals surface area contributed by atoms with E-state index in [0.29, 0.717) is 11.6 Å². The lowest BCUT2D eigenvalue weighted by Crippen LogP contribution is -2.38. The van der Waals surface area contributed by atoms with Crippen molar-refractivity contribution in [3.05, 3.63) is 23.2 Å². The van der Waals surface area contributed by atoms with E-state index < -0.39 is 16.1 Å². The Hall–Kier alpha value is -1.31. The van der Waals surface area contributed by atoms with E-state index in [-0.39, 0.29) is 29.0 Å². The molecule has 1 aromatic rings. The first-order chi connectivity index (χ1) is 10.2. The molecule has 22 heavy (non-hydrogen) atoms. The number of nitrogens with one attached hydrogen (secondary N) is 1. The second-order valence-corrected chi connectivity index (χ2v) is 7.58. The molecule has 1 atom stereocenters. The highest BCUT2D eigenvalue weighted by atomic mass is 35.5. The molecule has 1 fully saturated rings. The summed E-state index contributed by atoms with van der Waals surface area (Å²) in [5.41, 5.74) is 0. The summed E-state index contributed by atoms with van der Waals surface area (Å²) in [5.74, 6) is 0.155. The summed E-state index contributed by atoms with van der Waals surface area (Å²) in [5, 5.41) is 0.299. The Labute approximate surface area is 135 Å². The molecule has 1 aliphatic rings. The van der Waals surface area contributed by atoms with Crippen LogP contribution in [0.3, 0.4) is 0 Å². The number of halogens is 1. The highest BCUT2D eigenvalue weighted by Gasteiger charge is 2.34. The third-order valence-electron chi connectivity index (χ3n) is 3.52. The molecule has 8 heteroatoms. The van der Waals surface area contributed by atoms with E-state index in [2.05, 4.69) is 4.72 Å². The van der Waals surface area contributed by atoms with Crippen molar-refractivity contribution < 1.29 is 17.9 Å². The second kappa shape index (κ2) is 6.44. The van der Waals surface area contributed by atoms with Gasteiger partial charge < -0.3 is 9.64 Å². The maximum absolute atomic E-state index is 12.5. The lowest BCUT2D eigenvalue weighted by atomic mass is 10.3. The van der Waals surface area contributed by atoms with Gasteiger partial charge in [0, 0.05) is 30.1 Å². The SMILES string of the molecule is COc1ccc(Cl)cc1S(=O)(=O)NC1CC(=O)N(C(C)C)C1. The number of sulfonamides is 1. The molecule has 0 radical (unpaired) electrons. The van der Waals surface area contributed by atoms with E-state index in [1.54, 1.807) is 11.0 Å². The molecule has 1 saturated heterocycles. The number of likely N-dealkylation sites (tertiary alicyclic amines) is 1. The molecular weight excluding hydrogens is 328 g/mol. The minimum atomic E-state index is -3.82. The van der Waals surface area contributed by atoms with Gasteiger partial charge >= 0.3 is 0 Å². The van der Waals surface area contributed by atoms with Crippen LogP contribution in [0, 0.1) is 0 Å². The molecule has 0 bridgehead atoms. The van der Waals surface area contributed by atoms with E-state index in [1.165, 1.54) is 19.2 Å². The number of hydrogen-bond acceptors (Lipinski definition) is 4. The van der Waals surface area contributed by atoms with Crippen molar-refractivity contribution >= 4 is 27.5 Å². The summed E-state index contributed by atoms with van der Waals surface area (Å²) >= 11 is 5.87. The van der Waals surface area contributed by atoms with Crippen molar-refractivity contribution in [1.29, 1.82) is 0 Å². The minimum absolute atomic E-state index is 0.0297. The first kappa shape index (κ1) is 17.1. The number of nitrogens with zero attached hydrogens (tertiary/aromatic N) is 1. The van der Waals surface area contributed by atoms with Crippen LogP contribution in [0.15, 0.2) is 23.1 Å². The van der Waals surface area contributed by atoms with Crippen molar-refractivity contribution in [2.45, 2.75) is 37.2 Å². The zero-order valence-corrected chi connectivity index (χ0v) is 14.2. The first-order valence-electron chi connectivity index (χ1n) is 6.90. The number of ether oxygens (including phenoxy) is 1. The number of benzene rings is 1. The first-order valence-corrected chi connectivity index (χ1v) is 8.76. The highest BCUT2D eigenvalue weighted by Crippen LogP contribution is 2.27. The Morgan fingerprint density at radius 2 is 2.09 bits per heavy atom. The Morgan fingerprint density at radius 3 is 2.64 bits per heavy atom. The molecule has 2 rings (SSSR count). The van der Waals surface area contributed by atoms with E-state index in [0.717, 1.165) is 0 Å². The molecule has 1 N–H and O–H groups in total. The zero-order chi connectivity index (χ0) is 16.5. The number of hydrogen-bond donors (Lipinski definition) is 1. The number of carbonyl (C=O) groups excluding carboxylic acids is 1. The van der Waals surface area contributed by atoms with Gasteiger partial charge in [0.15, 0.2) is 0 Å². The van der Waals surface area contributed by atoms with Gasteiger partial charge in [-0.15, -0.1) is 0 Å². The number of amides is 1. The maximum atomic E-state index is 12.5. The van der Waals surface area contributed by atoms with E-state index >= 15 is 0 Å². The number of rotatable bonds is 5. The summed E-state index contributed by atoms with van der Waals surface area (Å²) in [6.45, 7) is 4.15. The quantitative estimate of drug-likeness (QED) is 0.879. The smallest absolute Gasteiger partial charge is 0.244 e. The van der Waals surface area contributed by atoms with Gasteiger partial charge in [-0.1, -0.05) is 11.6 Å². The predicted molar refractivity (Wildman–Crippen MR) is 83.6 cm³/mol. The Bertz CT molecular complexity index is 675. The minimum Gasteiger partial charge on any atom is -0.495 e. The van der Waals surface area contributed by atoms with Crippen LogP contribution in [0.1, 0.15) is 20.3 Å². The molecule has 1 unspecified atom stereocenters. The third-order valence-corrected chi connectivity index (χ3v) is 5.30. The molecule has 0 saturated carbocycles. The largest absolute Gasteiger partial charge is 0.495 e. The molecule has 1 amide bonds. The fourth-order valence-electron chi connectivity index (χ4n) is 2.45.